The normalized spacial score (nSPS) is 16.7. The van der Waals surface area contributed by atoms with E-state index in [0.717, 1.165) is 21.7 Å². The van der Waals surface area contributed by atoms with Gasteiger partial charge in [-0.15, -0.1) is 0 Å². The maximum atomic E-state index is 4.33. The first-order chi connectivity index (χ1) is 6.33. The van der Waals surface area contributed by atoms with Gasteiger partial charge in [0.15, 0.2) is 5.65 Å². The van der Waals surface area contributed by atoms with Crippen LogP contribution in [0.1, 0.15) is 24.5 Å². The van der Waals surface area contributed by atoms with Crippen molar-refractivity contribution in [2.45, 2.75) is 18.8 Å². The Hall–Kier alpha value is -0.900. The van der Waals surface area contributed by atoms with Crippen molar-refractivity contribution >= 4 is 27.1 Å². The number of hydrogen-bond donors (Lipinski definition) is 1. The van der Waals surface area contributed by atoms with Gasteiger partial charge in [0.25, 0.3) is 0 Å². The quantitative estimate of drug-likeness (QED) is 0.829. The summed E-state index contributed by atoms with van der Waals surface area (Å²) in [6.45, 7) is 0. The molecule has 2 aromatic heterocycles. The van der Waals surface area contributed by atoms with E-state index in [0.29, 0.717) is 0 Å². The number of nitrogens with zero attached hydrogens (tertiary/aromatic N) is 2. The van der Waals surface area contributed by atoms with Crippen LogP contribution in [-0.2, 0) is 0 Å². The van der Waals surface area contributed by atoms with E-state index in [2.05, 4.69) is 36.9 Å². The number of hydrogen-bond acceptors (Lipinski definition) is 2. The minimum absolute atomic E-state index is 0.731. The lowest BCUT2D eigenvalue weighted by atomic mass is 10.3. The third-order valence-electron chi connectivity index (χ3n) is 2.34. The van der Waals surface area contributed by atoms with Crippen LogP contribution in [0.4, 0.5) is 0 Å². The van der Waals surface area contributed by atoms with Gasteiger partial charge < -0.3 is 4.98 Å². The molecule has 1 aliphatic carbocycles. The summed E-state index contributed by atoms with van der Waals surface area (Å²) in [5.41, 5.74) is 3.13. The van der Waals surface area contributed by atoms with Crippen LogP contribution in [0.15, 0.2) is 16.9 Å². The predicted molar refractivity (Wildman–Crippen MR) is 53.6 cm³/mol. The third kappa shape index (κ3) is 1.25. The van der Waals surface area contributed by atoms with E-state index in [1.54, 1.807) is 6.20 Å². The fourth-order valence-corrected chi connectivity index (χ4v) is 1.81. The maximum absolute atomic E-state index is 4.33. The molecule has 3 nitrogen and oxygen atoms in total. The summed E-state index contributed by atoms with van der Waals surface area (Å²) in [7, 11) is 0. The maximum Gasteiger partial charge on any atom is 0.156 e. The van der Waals surface area contributed by atoms with Crippen LogP contribution in [0, 0.1) is 0 Å². The molecule has 0 radical (unpaired) electrons. The Morgan fingerprint density at radius 3 is 3.08 bits per heavy atom. The van der Waals surface area contributed by atoms with Gasteiger partial charge in [-0.25, -0.2) is 9.97 Å². The lowest BCUT2D eigenvalue weighted by Crippen LogP contribution is -1.80. The molecule has 0 bridgehead atoms. The molecule has 0 saturated heterocycles. The topological polar surface area (TPSA) is 41.6 Å². The number of nitrogens with one attached hydrogen (secondary N) is 1. The molecule has 13 heavy (non-hydrogen) atoms. The minimum Gasteiger partial charge on any atom is -0.342 e. The Morgan fingerprint density at radius 2 is 2.31 bits per heavy atom. The van der Waals surface area contributed by atoms with Crippen LogP contribution in [-0.4, -0.2) is 15.0 Å². The molecule has 3 rings (SSSR count). The fraction of sp³-hybridized carbons (Fsp3) is 0.333. The van der Waals surface area contributed by atoms with Gasteiger partial charge >= 0.3 is 0 Å². The molecule has 0 aromatic carbocycles. The highest BCUT2D eigenvalue weighted by Crippen LogP contribution is 2.40. The zero-order chi connectivity index (χ0) is 8.84. The number of halogens is 1. The summed E-state index contributed by atoms with van der Waals surface area (Å²) < 4.78 is 0.793. The first-order valence-electron chi connectivity index (χ1n) is 4.34. The second-order valence-corrected chi connectivity index (χ2v) is 4.24. The van der Waals surface area contributed by atoms with Gasteiger partial charge in [-0.3, -0.25) is 0 Å². The summed E-state index contributed by atoms with van der Waals surface area (Å²) in [6, 6.07) is 2.10. The van der Waals surface area contributed by atoms with Gasteiger partial charge in [0.2, 0.25) is 0 Å². The molecule has 66 valence electrons. The fourth-order valence-electron chi connectivity index (χ4n) is 1.51. The highest BCUT2D eigenvalue weighted by molar-refractivity contribution is 9.10. The van der Waals surface area contributed by atoms with Crippen molar-refractivity contribution in [3.05, 3.63) is 22.6 Å². The standard InChI is InChI=1S/C9H8BrN3/c10-8-4-11-9-7(12-8)3-6(13-9)5-1-2-5/h3-5H,1-2H2,(H,11,13). The van der Waals surface area contributed by atoms with Crippen molar-refractivity contribution in [2.24, 2.45) is 0 Å². The van der Waals surface area contributed by atoms with Gasteiger partial charge in [0.1, 0.15) is 10.1 Å². The van der Waals surface area contributed by atoms with Crippen LogP contribution in [0.5, 0.6) is 0 Å². The van der Waals surface area contributed by atoms with Gasteiger partial charge in [-0.05, 0) is 40.8 Å². The molecular formula is C9H8BrN3. The summed E-state index contributed by atoms with van der Waals surface area (Å²) in [6.07, 6.45) is 4.32. The number of rotatable bonds is 1. The van der Waals surface area contributed by atoms with E-state index in [9.17, 15) is 0 Å². The Bertz CT molecular complexity index is 459. The average molecular weight is 238 g/mol. The van der Waals surface area contributed by atoms with Crippen molar-refractivity contribution in [1.29, 1.82) is 0 Å². The lowest BCUT2D eigenvalue weighted by Gasteiger charge is -1.88. The molecule has 0 atom stereocenters. The highest BCUT2D eigenvalue weighted by atomic mass is 79.9. The molecular weight excluding hydrogens is 230 g/mol. The Morgan fingerprint density at radius 1 is 1.46 bits per heavy atom. The summed E-state index contributed by atoms with van der Waals surface area (Å²) in [4.78, 5) is 11.9. The second kappa shape index (κ2) is 2.54. The molecule has 1 N–H and O–H groups in total. The van der Waals surface area contributed by atoms with Crippen LogP contribution >= 0.6 is 15.9 Å². The van der Waals surface area contributed by atoms with E-state index in [4.69, 9.17) is 0 Å². The number of aromatic nitrogens is 3. The molecule has 0 unspecified atom stereocenters. The third-order valence-corrected chi connectivity index (χ3v) is 2.72. The van der Waals surface area contributed by atoms with Crippen LogP contribution in [0.25, 0.3) is 11.2 Å². The Kier molecular flexibility index (Phi) is 1.47. The monoisotopic (exact) mass is 237 g/mol. The predicted octanol–water partition coefficient (Wildman–Crippen LogP) is 2.60. The first kappa shape index (κ1) is 7.50. The number of aromatic amines is 1. The zero-order valence-electron chi connectivity index (χ0n) is 6.92. The molecule has 1 saturated carbocycles. The summed E-state index contributed by atoms with van der Waals surface area (Å²) in [5, 5.41) is 0. The smallest absolute Gasteiger partial charge is 0.156 e. The van der Waals surface area contributed by atoms with E-state index < -0.39 is 0 Å². The minimum atomic E-state index is 0.731. The van der Waals surface area contributed by atoms with Gasteiger partial charge in [0.05, 0.1) is 6.20 Å². The molecule has 0 aliphatic heterocycles. The SMILES string of the molecule is Brc1cnc2[nH]c(C3CC3)cc2n1. The van der Waals surface area contributed by atoms with Gasteiger partial charge in [-0.1, -0.05) is 0 Å². The second-order valence-electron chi connectivity index (χ2n) is 3.43. The lowest BCUT2D eigenvalue weighted by molar-refractivity contribution is 1.05. The van der Waals surface area contributed by atoms with Crippen LogP contribution in [0.2, 0.25) is 0 Å². The Labute approximate surface area is 83.7 Å². The van der Waals surface area contributed by atoms with E-state index in [1.807, 2.05) is 0 Å². The van der Waals surface area contributed by atoms with Crippen molar-refractivity contribution in [1.82, 2.24) is 15.0 Å². The zero-order valence-corrected chi connectivity index (χ0v) is 8.50. The summed E-state index contributed by atoms with van der Waals surface area (Å²) >= 11 is 3.31. The largest absolute Gasteiger partial charge is 0.342 e. The molecule has 0 amide bonds. The molecule has 1 fully saturated rings. The van der Waals surface area contributed by atoms with Gasteiger partial charge in [-0.2, -0.15) is 0 Å². The van der Waals surface area contributed by atoms with Gasteiger partial charge in [0, 0.05) is 5.69 Å². The van der Waals surface area contributed by atoms with Crippen molar-refractivity contribution in [2.75, 3.05) is 0 Å². The molecule has 1 aliphatic rings. The van der Waals surface area contributed by atoms with Crippen molar-refractivity contribution in [3.8, 4) is 0 Å². The molecule has 0 spiro atoms. The van der Waals surface area contributed by atoms with E-state index in [-0.39, 0.29) is 0 Å². The highest BCUT2D eigenvalue weighted by Gasteiger charge is 2.25. The Balaban J connectivity index is 2.20. The van der Waals surface area contributed by atoms with Crippen LogP contribution in [0.3, 0.4) is 0 Å². The average Bonchev–Trinajstić information content (AvgIpc) is 2.87. The van der Waals surface area contributed by atoms with E-state index >= 15 is 0 Å². The first-order valence-corrected chi connectivity index (χ1v) is 5.13. The summed E-state index contributed by atoms with van der Waals surface area (Å²) in [5.74, 6) is 0.731. The van der Waals surface area contributed by atoms with Crippen molar-refractivity contribution in [3.63, 3.8) is 0 Å². The molecule has 2 heterocycles. The molecule has 2 aromatic rings. The number of H-pyrrole nitrogens is 1. The molecule has 4 heteroatoms. The van der Waals surface area contributed by atoms with E-state index in [1.165, 1.54) is 18.5 Å². The number of fused-ring (bicyclic) bond motifs is 1. The van der Waals surface area contributed by atoms with Crippen LogP contribution < -0.4 is 0 Å². The van der Waals surface area contributed by atoms with Crippen molar-refractivity contribution < 1.29 is 0 Å².